The lowest BCUT2D eigenvalue weighted by atomic mass is 10.1. The molecule has 2 heterocycles. The minimum Gasteiger partial charge on any atom is -0.350 e. The third-order valence-corrected chi connectivity index (χ3v) is 4.25. The van der Waals surface area contributed by atoms with Crippen molar-refractivity contribution in [3.63, 3.8) is 0 Å². The van der Waals surface area contributed by atoms with E-state index in [1.54, 1.807) is 40.9 Å². The molecule has 146 valence electrons. The fourth-order valence-electron chi connectivity index (χ4n) is 2.80. The van der Waals surface area contributed by atoms with Crippen molar-refractivity contribution in [2.24, 2.45) is 5.92 Å². The van der Waals surface area contributed by atoms with Gasteiger partial charge in [0, 0.05) is 19.3 Å². The summed E-state index contributed by atoms with van der Waals surface area (Å²) in [4.78, 5) is 29.4. The molecule has 2 aromatic heterocycles. The molecule has 0 saturated heterocycles. The number of halogens is 1. The lowest BCUT2D eigenvalue weighted by Crippen LogP contribution is -2.29. The Bertz CT molecular complexity index is 980. The van der Waals surface area contributed by atoms with E-state index in [-0.39, 0.29) is 29.1 Å². The maximum absolute atomic E-state index is 13.0. The number of rotatable bonds is 7. The fraction of sp³-hybridized carbons (Fsp3) is 0.286. The van der Waals surface area contributed by atoms with Gasteiger partial charge in [-0.3, -0.25) is 14.0 Å². The first-order valence-corrected chi connectivity index (χ1v) is 9.23. The van der Waals surface area contributed by atoms with Crippen molar-refractivity contribution in [1.29, 1.82) is 0 Å². The second-order valence-electron chi connectivity index (χ2n) is 6.98. The Morgan fingerprint density at radius 2 is 1.82 bits per heavy atom. The summed E-state index contributed by atoms with van der Waals surface area (Å²) in [5.74, 6) is -0.473. The molecule has 0 aliphatic rings. The molecule has 0 radical (unpaired) electrons. The molecule has 0 atom stereocenters. The summed E-state index contributed by atoms with van der Waals surface area (Å²) in [6.07, 6.45) is 2.28. The van der Waals surface area contributed by atoms with Crippen molar-refractivity contribution in [2.75, 3.05) is 13.1 Å². The number of benzene rings is 1. The molecule has 28 heavy (non-hydrogen) atoms. The van der Waals surface area contributed by atoms with E-state index >= 15 is 0 Å². The van der Waals surface area contributed by atoms with Gasteiger partial charge >= 0.3 is 0 Å². The van der Waals surface area contributed by atoms with Crippen LogP contribution >= 0.6 is 0 Å². The molecule has 0 spiro atoms. The first-order chi connectivity index (χ1) is 13.5. The number of nitrogens with one attached hydrogen (secondary N) is 2. The van der Waals surface area contributed by atoms with Gasteiger partial charge in [0.1, 0.15) is 5.82 Å². The number of fused-ring (bicyclic) bond motifs is 1. The molecule has 0 unspecified atom stereocenters. The van der Waals surface area contributed by atoms with Gasteiger partial charge in [-0.15, -0.1) is 0 Å². The summed E-state index contributed by atoms with van der Waals surface area (Å²) in [5.41, 5.74) is 1.69. The molecule has 2 N–H and O–H groups in total. The van der Waals surface area contributed by atoms with Gasteiger partial charge in [0.15, 0.2) is 5.69 Å². The zero-order valence-electron chi connectivity index (χ0n) is 15.9. The predicted octanol–water partition coefficient (Wildman–Crippen LogP) is 2.83. The molecule has 1 aromatic carbocycles. The van der Waals surface area contributed by atoms with Crippen molar-refractivity contribution < 1.29 is 14.0 Å². The van der Waals surface area contributed by atoms with Crippen LogP contribution in [-0.4, -0.2) is 34.3 Å². The molecular formula is C21H23FN4O2. The third-order valence-electron chi connectivity index (χ3n) is 4.25. The second kappa shape index (κ2) is 8.65. The summed E-state index contributed by atoms with van der Waals surface area (Å²) < 4.78 is 14.6. The topological polar surface area (TPSA) is 75.5 Å². The maximum Gasteiger partial charge on any atom is 0.287 e. The van der Waals surface area contributed by atoms with Crippen LogP contribution in [-0.2, 0) is 6.42 Å². The number of hydrogen-bond acceptors (Lipinski definition) is 3. The largest absolute Gasteiger partial charge is 0.350 e. The summed E-state index contributed by atoms with van der Waals surface area (Å²) in [5, 5.41) is 5.64. The number of nitrogens with zero attached hydrogens (tertiary/aromatic N) is 2. The van der Waals surface area contributed by atoms with Crippen LogP contribution in [0.4, 0.5) is 4.39 Å². The standard InChI is InChI=1S/C21H23FN4O2/c1-14(2)13-24-21(28)19-25-18(17-5-3-4-12-26(17)19)20(27)23-11-10-15-6-8-16(22)9-7-15/h3-9,12,14H,10-11,13H2,1-2H3,(H,23,27)(H,24,28). The first-order valence-electron chi connectivity index (χ1n) is 9.23. The zero-order chi connectivity index (χ0) is 20.1. The van der Waals surface area contributed by atoms with E-state index in [1.807, 2.05) is 13.8 Å². The molecule has 0 aliphatic carbocycles. The molecule has 6 nitrogen and oxygen atoms in total. The van der Waals surface area contributed by atoms with Gasteiger partial charge in [0.2, 0.25) is 5.82 Å². The lowest BCUT2D eigenvalue weighted by Gasteiger charge is -2.06. The Balaban J connectivity index is 1.73. The SMILES string of the molecule is CC(C)CNC(=O)c1nc(C(=O)NCCc2ccc(F)cc2)c2ccccn12. The van der Waals surface area contributed by atoms with Gasteiger partial charge in [-0.1, -0.05) is 32.0 Å². The highest BCUT2D eigenvalue weighted by atomic mass is 19.1. The van der Waals surface area contributed by atoms with Crippen LogP contribution < -0.4 is 10.6 Å². The normalized spacial score (nSPS) is 11.0. The van der Waals surface area contributed by atoms with Crippen molar-refractivity contribution in [1.82, 2.24) is 20.0 Å². The predicted molar refractivity (Wildman–Crippen MR) is 105 cm³/mol. The highest BCUT2D eigenvalue weighted by Gasteiger charge is 2.21. The van der Waals surface area contributed by atoms with Crippen molar-refractivity contribution >= 4 is 17.3 Å². The van der Waals surface area contributed by atoms with Gasteiger partial charge in [0.25, 0.3) is 11.8 Å². The van der Waals surface area contributed by atoms with E-state index in [1.165, 1.54) is 12.1 Å². The van der Waals surface area contributed by atoms with Crippen LogP contribution in [0, 0.1) is 11.7 Å². The van der Waals surface area contributed by atoms with Crippen molar-refractivity contribution in [3.8, 4) is 0 Å². The molecule has 0 fully saturated rings. The summed E-state index contributed by atoms with van der Waals surface area (Å²) in [6.45, 7) is 4.92. The number of imidazole rings is 1. The van der Waals surface area contributed by atoms with Crippen LogP contribution in [0.2, 0.25) is 0 Å². The molecule has 0 bridgehead atoms. The summed E-state index contributed by atoms with van der Waals surface area (Å²) >= 11 is 0. The third kappa shape index (κ3) is 4.54. The number of carbonyl (C=O) groups is 2. The van der Waals surface area contributed by atoms with Crippen LogP contribution in [0.15, 0.2) is 48.7 Å². The molecule has 3 aromatic rings. The number of pyridine rings is 1. The van der Waals surface area contributed by atoms with Crippen LogP contribution in [0.25, 0.3) is 5.52 Å². The maximum atomic E-state index is 13.0. The van der Waals surface area contributed by atoms with E-state index in [2.05, 4.69) is 15.6 Å². The number of hydrogen-bond donors (Lipinski definition) is 2. The van der Waals surface area contributed by atoms with Gasteiger partial charge < -0.3 is 10.6 Å². The van der Waals surface area contributed by atoms with Crippen LogP contribution in [0.5, 0.6) is 0 Å². The quantitative estimate of drug-likeness (QED) is 0.660. The number of aromatic nitrogens is 2. The first kappa shape index (κ1) is 19.5. The van der Waals surface area contributed by atoms with Gasteiger partial charge in [-0.2, -0.15) is 0 Å². The van der Waals surface area contributed by atoms with Crippen molar-refractivity contribution in [3.05, 3.63) is 71.6 Å². The van der Waals surface area contributed by atoms with Gasteiger partial charge in [0.05, 0.1) is 5.52 Å². The smallest absolute Gasteiger partial charge is 0.287 e. The molecule has 0 aliphatic heterocycles. The van der Waals surface area contributed by atoms with Crippen molar-refractivity contribution in [2.45, 2.75) is 20.3 Å². The Morgan fingerprint density at radius 3 is 2.54 bits per heavy atom. The van der Waals surface area contributed by atoms with E-state index in [4.69, 9.17) is 0 Å². The Kier molecular flexibility index (Phi) is 6.03. The fourth-order valence-corrected chi connectivity index (χ4v) is 2.80. The molecular weight excluding hydrogens is 359 g/mol. The lowest BCUT2D eigenvalue weighted by molar-refractivity contribution is 0.0938. The number of amides is 2. The van der Waals surface area contributed by atoms with E-state index < -0.39 is 0 Å². The van der Waals surface area contributed by atoms with Crippen LogP contribution in [0.3, 0.4) is 0 Å². The highest BCUT2D eigenvalue weighted by Crippen LogP contribution is 2.13. The molecule has 3 rings (SSSR count). The molecule has 2 amide bonds. The van der Waals surface area contributed by atoms with Gasteiger partial charge in [-0.05, 0) is 42.2 Å². The van der Waals surface area contributed by atoms with Gasteiger partial charge in [-0.25, -0.2) is 9.37 Å². The van der Waals surface area contributed by atoms with E-state index in [0.717, 1.165) is 5.56 Å². The Labute approximate surface area is 162 Å². The zero-order valence-corrected chi connectivity index (χ0v) is 15.9. The average Bonchev–Trinajstić information content (AvgIpc) is 3.07. The minimum atomic E-state index is -0.353. The van der Waals surface area contributed by atoms with Crippen LogP contribution in [0.1, 0.15) is 40.5 Å². The Hall–Kier alpha value is -3.22. The summed E-state index contributed by atoms with van der Waals surface area (Å²) in [6, 6.07) is 11.5. The monoisotopic (exact) mass is 382 g/mol. The summed E-state index contributed by atoms with van der Waals surface area (Å²) in [7, 11) is 0. The molecule has 0 saturated carbocycles. The van der Waals surface area contributed by atoms with E-state index in [9.17, 15) is 14.0 Å². The number of carbonyl (C=O) groups excluding carboxylic acids is 2. The second-order valence-corrected chi connectivity index (χ2v) is 6.98. The average molecular weight is 382 g/mol. The molecule has 7 heteroatoms. The minimum absolute atomic E-state index is 0.180. The highest BCUT2D eigenvalue weighted by molar-refractivity contribution is 6.02. The Morgan fingerprint density at radius 1 is 1.07 bits per heavy atom. The van der Waals surface area contributed by atoms with E-state index in [0.29, 0.717) is 30.9 Å².